The van der Waals surface area contributed by atoms with E-state index in [0.29, 0.717) is 6.54 Å². The Bertz CT molecular complexity index is 517. The Hall–Kier alpha value is -0.620. The molecule has 0 bridgehead atoms. The van der Waals surface area contributed by atoms with Gasteiger partial charge < -0.3 is 5.11 Å². The molecule has 0 aromatic heterocycles. The fourth-order valence-corrected chi connectivity index (χ4v) is 3.79. The lowest BCUT2D eigenvalue weighted by Gasteiger charge is -2.21. The number of unbranched alkanes of at least 4 members (excludes halogenated alkanes) is 1. The maximum Gasteiger partial charge on any atom is 0.244 e. The third-order valence-electron chi connectivity index (χ3n) is 2.82. The molecule has 0 saturated heterocycles. The van der Waals surface area contributed by atoms with Gasteiger partial charge in [0.15, 0.2) is 0 Å². The minimum Gasteiger partial charge on any atom is -0.395 e. The summed E-state index contributed by atoms with van der Waals surface area (Å²) in [5, 5.41) is 9.24. The van der Waals surface area contributed by atoms with Crippen LogP contribution in [0.25, 0.3) is 0 Å². The molecule has 0 spiro atoms. The number of aliphatic hydroxyl groups is 1. The molecule has 0 saturated carbocycles. The molecule has 1 aromatic rings. The Morgan fingerprint density at radius 2 is 2.00 bits per heavy atom. The summed E-state index contributed by atoms with van der Waals surface area (Å²) >= 11 is 6.02. The Balaban J connectivity index is 3.11. The van der Waals surface area contributed by atoms with Crippen molar-refractivity contribution in [2.24, 2.45) is 0 Å². The summed E-state index contributed by atoms with van der Waals surface area (Å²) in [6, 6.07) is 4.87. The lowest BCUT2D eigenvalue weighted by molar-refractivity contribution is 0.252. The van der Waals surface area contributed by atoms with Crippen molar-refractivity contribution in [2.45, 2.75) is 31.6 Å². The van der Waals surface area contributed by atoms with Crippen molar-refractivity contribution in [3.8, 4) is 0 Å². The molecule has 108 valence electrons. The number of halogens is 1. The first-order chi connectivity index (χ1) is 8.93. The van der Waals surface area contributed by atoms with Crippen LogP contribution in [-0.2, 0) is 10.0 Å². The smallest absolute Gasteiger partial charge is 0.244 e. The van der Waals surface area contributed by atoms with E-state index >= 15 is 0 Å². The van der Waals surface area contributed by atoms with Gasteiger partial charge in [-0.1, -0.05) is 31.0 Å². The highest BCUT2D eigenvalue weighted by Crippen LogP contribution is 2.25. The lowest BCUT2D eigenvalue weighted by Crippen LogP contribution is -2.34. The number of nitrogens with zero attached hydrogens (tertiary/aromatic N) is 1. The van der Waals surface area contributed by atoms with Crippen LogP contribution in [0.15, 0.2) is 23.1 Å². The molecule has 0 aliphatic rings. The van der Waals surface area contributed by atoms with E-state index in [1.54, 1.807) is 12.1 Å². The highest BCUT2D eigenvalue weighted by Gasteiger charge is 2.25. The van der Waals surface area contributed by atoms with Crippen LogP contribution in [0.5, 0.6) is 0 Å². The van der Waals surface area contributed by atoms with Crippen LogP contribution in [0, 0.1) is 6.92 Å². The number of aryl methyl sites for hydroxylation is 1. The minimum atomic E-state index is -3.64. The molecule has 0 fully saturated rings. The topological polar surface area (TPSA) is 57.6 Å². The number of sulfonamides is 1. The highest BCUT2D eigenvalue weighted by molar-refractivity contribution is 7.89. The largest absolute Gasteiger partial charge is 0.395 e. The van der Waals surface area contributed by atoms with Gasteiger partial charge in [-0.15, -0.1) is 0 Å². The van der Waals surface area contributed by atoms with Crippen LogP contribution in [0.2, 0.25) is 5.02 Å². The Morgan fingerprint density at radius 1 is 1.32 bits per heavy atom. The van der Waals surface area contributed by atoms with Gasteiger partial charge in [0.2, 0.25) is 10.0 Å². The van der Waals surface area contributed by atoms with Crippen LogP contribution in [-0.4, -0.2) is 37.5 Å². The minimum absolute atomic E-state index is 0.0898. The monoisotopic (exact) mass is 305 g/mol. The highest BCUT2D eigenvalue weighted by atomic mass is 35.5. The quantitative estimate of drug-likeness (QED) is 0.841. The average molecular weight is 306 g/mol. The average Bonchev–Trinajstić information content (AvgIpc) is 2.33. The number of rotatable bonds is 7. The van der Waals surface area contributed by atoms with Gasteiger partial charge in [0.05, 0.1) is 11.6 Å². The molecule has 0 radical (unpaired) electrons. The fraction of sp³-hybridized carbons (Fsp3) is 0.538. The predicted octanol–water partition coefficient (Wildman–Crippen LogP) is 2.43. The second-order valence-corrected chi connectivity index (χ2v) is 6.73. The molecule has 19 heavy (non-hydrogen) atoms. The van der Waals surface area contributed by atoms with Gasteiger partial charge in [-0.05, 0) is 31.0 Å². The van der Waals surface area contributed by atoms with E-state index in [-0.39, 0.29) is 23.1 Å². The van der Waals surface area contributed by atoms with Crippen molar-refractivity contribution in [2.75, 3.05) is 19.7 Å². The Labute approximate surface area is 120 Å². The second-order valence-electron chi connectivity index (χ2n) is 4.42. The summed E-state index contributed by atoms with van der Waals surface area (Å²) in [5.41, 5.74) is 0.909. The zero-order valence-electron chi connectivity index (χ0n) is 11.3. The molecular weight excluding hydrogens is 286 g/mol. The zero-order chi connectivity index (χ0) is 14.5. The van der Waals surface area contributed by atoms with E-state index in [2.05, 4.69) is 0 Å². The summed E-state index contributed by atoms with van der Waals surface area (Å²) in [4.78, 5) is 0.101. The van der Waals surface area contributed by atoms with E-state index < -0.39 is 10.0 Å². The summed E-state index contributed by atoms with van der Waals surface area (Å²) in [7, 11) is -3.64. The SMILES string of the molecule is CCCCN(CCO)S(=O)(=O)c1ccc(C)cc1Cl. The van der Waals surface area contributed by atoms with Gasteiger partial charge in [-0.3, -0.25) is 0 Å². The van der Waals surface area contributed by atoms with Crippen LogP contribution in [0.4, 0.5) is 0 Å². The number of hydrogen-bond acceptors (Lipinski definition) is 3. The van der Waals surface area contributed by atoms with Gasteiger partial charge in [-0.2, -0.15) is 4.31 Å². The van der Waals surface area contributed by atoms with Gasteiger partial charge in [0, 0.05) is 13.1 Å². The van der Waals surface area contributed by atoms with Crippen molar-refractivity contribution in [1.29, 1.82) is 0 Å². The summed E-state index contributed by atoms with van der Waals surface area (Å²) in [6.45, 7) is 4.12. The number of aliphatic hydroxyl groups excluding tert-OH is 1. The summed E-state index contributed by atoms with van der Waals surface area (Å²) < 4.78 is 26.3. The molecule has 0 unspecified atom stereocenters. The van der Waals surface area contributed by atoms with Crippen molar-refractivity contribution in [3.63, 3.8) is 0 Å². The normalized spacial score (nSPS) is 12.1. The molecule has 0 amide bonds. The molecule has 0 atom stereocenters. The standard InChI is InChI=1S/C13H20ClNO3S/c1-3-4-7-15(8-9-16)19(17,18)13-6-5-11(2)10-12(13)14/h5-6,10,16H,3-4,7-9H2,1-2H3. The van der Waals surface area contributed by atoms with Gasteiger partial charge in [-0.25, -0.2) is 8.42 Å². The molecule has 1 N–H and O–H groups in total. The molecule has 1 aromatic carbocycles. The molecule has 0 aliphatic heterocycles. The van der Waals surface area contributed by atoms with Crippen LogP contribution < -0.4 is 0 Å². The van der Waals surface area contributed by atoms with Gasteiger partial charge in [0.25, 0.3) is 0 Å². The third kappa shape index (κ3) is 4.18. The molecule has 0 aliphatic carbocycles. The van der Waals surface area contributed by atoms with E-state index in [1.165, 1.54) is 10.4 Å². The Morgan fingerprint density at radius 3 is 2.53 bits per heavy atom. The predicted molar refractivity (Wildman–Crippen MR) is 76.9 cm³/mol. The first-order valence-electron chi connectivity index (χ1n) is 6.30. The molecule has 0 heterocycles. The first-order valence-corrected chi connectivity index (χ1v) is 8.12. The van der Waals surface area contributed by atoms with E-state index in [4.69, 9.17) is 16.7 Å². The zero-order valence-corrected chi connectivity index (χ0v) is 12.8. The van der Waals surface area contributed by atoms with Crippen LogP contribution in [0.3, 0.4) is 0 Å². The lowest BCUT2D eigenvalue weighted by atomic mass is 10.2. The number of benzene rings is 1. The molecule has 6 heteroatoms. The maximum absolute atomic E-state index is 12.5. The van der Waals surface area contributed by atoms with Crippen molar-refractivity contribution in [3.05, 3.63) is 28.8 Å². The van der Waals surface area contributed by atoms with Gasteiger partial charge >= 0.3 is 0 Å². The molecular formula is C13H20ClNO3S. The first kappa shape index (κ1) is 16.4. The van der Waals surface area contributed by atoms with Crippen LogP contribution in [0.1, 0.15) is 25.3 Å². The third-order valence-corrected chi connectivity index (χ3v) is 5.20. The van der Waals surface area contributed by atoms with E-state index in [1.807, 2.05) is 13.8 Å². The molecule has 1 rings (SSSR count). The van der Waals surface area contributed by atoms with Gasteiger partial charge in [0.1, 0.15) is 4.90 Å². The summed E-state index contributed by atoms with van der Waals surface area (Å²) in [6.07, 6.45) is 1.64. The summed E-state index contributed by atoms with van der Waals surface area (Å²) in [5.74, 6) is 0. The van der Waals surface area contributed by atoms with E-state index in [0.717, 1.165) is 18.4 Å². The van der Waals surface area contributed by atoms with E-state index in [9.17, 15) is 8.42 Å². The number of hydrogen-bond donors (Lipinski definition) is 1. The molecule has 4 nitrogen and oxygen atoms in total. The van der Waals surface area contributed by atoms with Crippen molar-refractivity contribution >= 4 is 21.6 Å². The fourth-order valence-electron chi connectivity index (χ4n) is 1.75. The second kappa shape index (κ2) is 7.24. The van der Waals surface area contributed by atoms with Crippen molar-refractivity contribution < 1.29 is 13.5 Å². The van der Waals surface area contributed by atoms with Crippen LogP contribution >= 0.6 is 11.6 Å². The Kier molecular flexibility index (Phi) is 6.26. The maximum atomic E-state index is 12.5. The van der Waals surface area contributed by atoms with Crippen molar-refractivity contribution in [1.82, 2.24) is 4.31 Å².